The molecule has 4 nitrogen and oxygen atoms in total. The topological polar surface area (TPSA) is 49.4 Å². The van der Waals surface area contributed by atoms with Gasteiger partial charge >= 0.3 is 0 Å². The van der Waals surface area contributed by atoms with E-state index in [0.717, 1.165) is 18.5 Å². The van der Waals surface area contributed by atoms with Crippen LogP contribution in [0.1, 0.15) is 38.7 Å². The summed E-state index contributed by atoms with van der Waals surface area (Å²) in [5, 5.41) is 3.43. The fraction of sp³-hybridized carbons (Fsp3) is 0.600. The largest absolute Gasteiger partial charge is 0.310 e. The van der Waals surface area contributed by atoms with Crippen molar-refractivity contribution in [3.8, 4) is 0 Å². The Morgan fingerprint density at radius 3 is 2.35 bits per heavy atom. The lowest BCUT2D eigenvalue weighted by atomic mass is 10.2. The van der Waals surface area contributed by atoms with Crippen LogP contribution in [0.4, 0.5) is 0 Å². The lowest BCUT2D eigenvalue weighted by Gasteiger charge is -2.19. The van der Waals surface area contributed by atoms with Gasteiger partial charge < -0.3 is 5.32 Å². The summed E-state index contributed by atoms with van der Waals surface area (Å²) in [6.45, 7) is 5.77. The third-order valence-corrected chi connectivity index (χ3v) is 5.55. The number of nitrogens with zero attached hydrogens (tertiary/aromatic N) is 1. The van der Waals surface area contributed by atoms with Crippen molar-refractivity contribution in [3.05, 3.63) is 29.8 Å². The summed E-state index contributed by atoms with van der Waals surface area (Å²) < 4.78 is 26.4. The minimum Gasteiger partial charge on any atom is -0.310 e. The zero-order chi connectivity index (χ0) is 14.6. The van der Waals surface area contributed by atoms with Crippen LogP contribution in [0.15, 0.2) is 29.2 Å². The van der Waals surface area contributed by atoms with Crippen LogP contribution < -0.4 is 5.32 Å². The molecule has 20 heavy (non-hydrogen) atoms. The molecule has 2 rings (SSSR count). The number of nitrogens with one attached hydrogen (secondary N) is 1. The molecule has 1 fully saturated rings. The first-order valence-corrected chi connectivity index (χ1v) is 8.84. The fourth-order valence-corrected chi connectivity index (χ4v) is 3.72. The van der Waals surface area contributed by atoms with Crippen molar-refractivity contribution >= 4 is 10.0 Å². The van der Waals surface area contributed by atoms with Crippen LogP contribution in [-0.2, 0) is 16.6 Å². The van der Waals surface area contributed by atoms with Crippen molar-refractivity contribution in [2.45, 2.75) is 50.6 Å². The molecule has 0 spiro atoms. The van der Waals surface area contributed by atoms with E-state index in [9.17, 15) is 8.42 Å². The average Bonchev–Trinajstić information content (AvgIpc) is 3.27. The van der Waals surface area contributed by atoms with E-state index < -0.39 is 10.0 Å². The summed E-state index contributed by atoms with van der Waals surface area (Å²) in [4.78, 5) is 0.392. The molecular weight excluding hydrogens is 272 g/mol. The lowest BCUT2D eigenvalue weighted by molar-refractivity contribution is 0.427. The number of sulfonamides is 1. The summed E-state index contributed by atoms with van der Waals surface area (Å²) in [6.07, 6.45) is 3.35. The standard InChI is InChI=1S/C15H24N2O2S/c1-3-11-17(4-2)20(18,19)15-9-5-13(6-10-15)12-16-14-7-8-14/h5-6,9-10,14,16H,3-4,7-8,11-12H2,1-2H3. The Bertz CT molecular complexity index is 521. The number of hydrogen-bond donors (Lipinski definition) is 1. The molecule has 0 radical (unpaired) electrons. The van der Waals surface area contributed by atoms with Gasteiger partial charge in [-0.05, 0) is 37.0 Å². The van der Waals surface area contributed by atoms with Gasteiger partial charge in [0.1, 0.15) is 0 Å². The molecule has 0 aliphatic heterocycles. The Kier molecular flexibility index (Phi) is 5.18. The van der Waals surface area contributed by atoms with E-state index in [1.54, 1.807) is 12.1 Å². The highest BCUT2D eigenvalue weighted by Crippen LogP contribution is 2.20. The van der Waals surface area contributed by atoms with Gasteiger partial charge in [0.25, 0.3) is 0 Å². The number of hydrogen-bond acceptors (Lipinski definition) is 3. The Labute approximate surface area is 122 Å². The van der Waals surface area contributed by atoms with Crippen molar-refractivity contribution in [1.82, 2.24) is 9.62 Å². The normalized spacial score (nSPS) is 15.8. The van der Waals surface area contributed by atoms with Gasteiger partial charge in [-0.3, -0.25) is 0 Å². The molecule has 1 aromatic rings. The lowest BCUT2D eigenvalue weighted by Crippen LogP contribution is -2.31. The minimum absolute atomic E-state index is 0.392. The monoisotopic (exact) mass is 296 g/mol. The molecule has 5 heteroatoms. The van der Waals surface area contributed by atoms with Crippen LogP contribution in [0.5, 0.6) is 0 Å². The maximum absolute atomic E-state index is 12.5. The minimum atomic E-state index is -3.34. The van der Waals surface area contributed by atoms with Gasteiger partial charge in [-0.15, -0.1) is 0 Å². The first kappa shape index (κ1) is 15.5. The van der Waals surface area contributed by atoms with Crippen LogP contribution in [0.2, 0.25) is 0 Å². The highest BCUT2D eigenvalue weighted by Gasteiger charge is 2.22. The third kappa shape index (κ3) is 3.81. The predicted molar refractivity (Wildman–Crippen MR) is 81.0 cm³/mol. The average molecular weight is 296 g/mol. The second-order valence-corrected chi connectivity index (χ2v) is 7.23. The SMILES string of the molecule is CCCN(CC)S(=O)(=O)c1ccc(CNC2CC2)cc1. The smallest absolute Gasteiger partial charge is 0.243 e. The van der Waals surface area contributed by atoms with Gasteiger partial charge in [0.2, 0.25) is 10.0 Å². The zero-order valence-electron chi connectivity index (χ0n) is 12.3. The molecule has 1 aliphatic rings. The van der Waals surface area contributed by atoms with Crippen molar-refractivity contribution in [2.24, 2.45) is 0 Å². The second kappa shape index (κ2) is 6.70. The third-order valence-electron chi connectivity index (χ3n) is 3.56. The van der Waals surface area contributed by atoms with Gasteiger partial charge in [0.15, 0.2) is 0 Å². The van der Waals surface area contributed by atoms with Gasteiger partial charge in [0, 0.05) is 25.7 Å². The molecular formula is C15H24N2O2S. The molecule has 0 saturated heterocycles. The van der Waals surface area contributed by atoms with E-state index in [4.69, 9.17) is 0 Å². The van der Waals surface area contributed by atoms with Crippen molar-refractivity contribution < 1.29 is 8.42 Å². The van der Waals surface area contributed by atoms with Gasteiger partial charge in [-0.2, -0.15) is 4.31 Å². The van der Waals surface area contributed by atoms with Gasteiger partial charge in [-0.25, -0.2) is 8.42 Å². The van der Waals surface area contributed by atoms with E-state index in [1.807, 2.05) is 26.0 Å². The van der Waals surface area contributed by atoms with Crippen molar-refractivity contribution in [3.63, 3.8) is 0 Å². The van der Waals surface area contributed by atoms with Crippen molar-refractivity contribution in [1.29, 1.82) is 0 Å². The summed E-state index contributed by atoms with van der Waals surface area (Å²) in [5.74, 6) is 0. The van der Waals surface area contributed by atoms with Crippen LogP contribution in [0.25, 0.3) is 0 Å². The molecule has 0 heterocycles. The maximum atomic E-state index is 12.5. The van der Waals surface area contributed by atoms with Crippen LogP contribution >= 0.6 is 0 Å². The Balaban J connectivity index is 2.06. The van der Waals surface area contributed by atoms with E-state index in [0.29, 0.717) is 24.0 Å². The summed E-state index contributed by atoms with van der Waals surface area (Å²) in [5.41, 5.74) is 1.13. The second-order valence-electron chi connectivity index (χ2n) is 5.30. The molecule has 0 atom stereocenters. The highest BCUT2D eigenvalue weighted by molar-refractivity contribution is 7.89. The first-order valence-electron chi connectivity index (χ1n) is 7.40. The molecule has 1 aromatic carbocycles. The Hall–Kier alpha value is -0.910. The number of benzene rings is 1. The fourth-order valence-electron chi connectivity index (χ4n) is 2.18. The van der Waals surface area contributed by atoms with Crippen LogP contribution in [0.3, 0.4) is 0 Å². The molecule has 112 valence electrons. The first-order chi connectivity index (χ1) is 9.57. The summed E-state index contributed by atoms with van der Waals surface area (Å²) in [7, 11) is -3.34. The van der Waals surface area contributed by atoms with Gasteiger partial charge in [-0.1, -0.05) is 26.0 Å². The molecule has 0 amide bonds. The molecule has 1 aliphatic carbocycles. The summed E-state index contributed by atoms with van der Waals surface area (Å²) in [6, 6.07) is 7.91. The Morgan fingerprint density at radius 1 is 1.20 bits per heavy atom. The molecule has 0 unspecified atom stereocenters. The molecule has 0 aromatic heterocycles. The van der Waals surface area contributed by atoms with E-state index in [2.05, 4.69) is 5.32 Å². The van der Waals surface area contributed by atoms with E-state index >= 15 is 0 Å². The van der Waals surface area contributed by atoms with Crippen LogP contribution in [-0.4, -0.2) is 31.9 Å². The molecule has 1 saturated carbocycles. The van der Waals surface area contributed by atoms with E-state index in [1.165, 1.54) is 17.1 Å². The highest BCUT2D eigenvalue weighted by atomic mass is 32.2. The maximum Gasteiger partial charge on any atom is 0.243 e. The quantitative estimate of drug-likeness (QED) is 0.801. The van der Waals surface area contributed by atoms with E-state index in [-0.39, 0.29) is 0 Å². The summed E-state index contributed by atoms with van der Waals surface area (Å²) >= 11 is 0. The van der Waals surface area contributed by atoms with Crippen molar-refractivity contribution in [2.75, 3.05) is 13.1 Å². The zero-order valence-corrected chi connectivity index (χ0v) is 13.1. The molecule has 1 N–H and O–H groups in total. The van der Waals surface area contributed by atoms with Crippen LogP contribution in [0, 0.1) is 0 Å². The predicted octanol–water partition coefficient (Wildman–Crippen LogP) is 2.36. The molecule has 0 bridgehead atoms. The Morgan fingerprint density at radius 2 is 1.85 bits per heavy atom. The van der Waals surface area contributed by atoms with Gasteiger partial charge in [0.05, 0.1) is 4.90 Å². The number of rotatable bonds is 8.